The van der Waals surface area contributed by atoms with Crippen LogP contribution in [0.5, 0.6) is 0 Å². The van der Waals surface area contributed by atoms with E-state index in [9.17, 15) is 18.0 Å². The Labute approximate surface area is 113 Å². The molecule has 20 heavy (non-hydrogen) atoms. The number of alkyl halides is 3. The molecule has 1 aromatic rings. The van der Waals surface area contributed by atoms with Gasteiger partial charge in [0.2, 0.25) is 0 Å². The molecule has 0 bridgehead atoms. The summed E-state index contributed by atoms with van der Waals surface area (Å²) in [6, 6.07) is 5.88. The molecule has 1 aromatic carbocycles. The number of nitriles is 1. The van der Waals surface area contributed by atoms with Gasteiger partial charge in [0.05, 0.1) is 5.56 Å². The zero-order valence-corrected chi connectivity index (χ0v) is 10.3. The van der Waals surface area contributed by atoms with Gasteiger partial charge in [-0.2, -0.15) is 18.4 Å². The molecule has 0 radical (unpaired) electrons. The van der Waals surface area contributed by atoms with Crippen molar-refractivity contribution in [3.8, 4) is 6.07 Å². The van der Waals surface area contributed by atoms with Crippen LogP contribution in [-0.2, 0) is 15.7 Å². The van der Waals surface area contributed by atoms with Gasteiger partial charge in [0.25, 0.3) is 0 Å². The van der Waals surface area contributed by atoms with Crippen LogP contribution >= 0.6 is 0 Å². The molecule has 0 heterocycles. The van der Waals surface area contributed by atoms with Gasteiger partial charge in [0, 0.05) is 0 Å². The molecular formula is C14H10F3NO2. The van der Waals surface area contributed by atoms with Crippen LogP contribution in [0.2, 0.25) is 0 Å². The van der Waals surface area contributed by atoms with Crippen LogP contribution in [0.3, 0.4) is 0 Å². The standard InChI is InChI=1S/C14H10F3NO2/c1-2-6-20-13(19)11(9-18)7-10-4-3-5-12(8-10)14(15,16)17/h2-5,7-8H,1,6H2/b11-7-. The Morgan fingerprint density at radius 1 is 1.45 bits per heavy atom. The maximum atomic E-state index is 12.5. The minimum absolute atomic E-state index is 0.0829. The first-order valence-corrected chi connectivity index (χ1v) is 5.45. The quantitative estimate of drug-likeness (QED) is 0.368. The van der Waals surface area contributed by atoms with E-state index in [0.717, 1.165) is 18.2 Å². The Balaban J connectivity index is 3.05. The molecule has 1 rings (SSSR count). The highest BCUT2D eigenvalue weighted by atomic mass is 19.4. The van der Waals surface area contributed by atoms with Crippen molar-refractivity contribution in [3.63, 3.8) is 0 Å². The van der Waals surface area contributed by atoms with Crippen molar-refractivity contribution in [2.75, 3.05) is 6.61 Å². The molecule has 0 aliphatic carbocycles. The summed E-state index contributed by atoms with van der Waals surface area (Å²) in [6.07, 6.45) is -2.13. The van der Waals surface area contributed by atoms with Gasteiger partial charge >= 0.3 is 12.1 Å². The zero-order chi connectivity index (χ0) is 15.2. The van der Waals surface area contributed by atoms with Crippen molar-refractivity contribution < 1.29 is 22.7 Å². The van der Waals surface area contributed by atoms with Gasteiger partial charge in [-0.05, 0) is 23.8 Å². The molecule has 104 valence electrons. The van der Waals surface area contributed by atoms with E-state index >= 15 is 0 Å². The van der Waals surface area contributed by atoms with Crippen molar-refractivity contribution in [1.29, 1.82) is 5.26 Å². The first kappa shape index (κ1) is 15.5. The van der Waals surface area contributed by atoms with Gasteiger partial charge in [-0.25, -0.2) is 4.79 Å². The fraction of sp³-hybridized carbons (Fsp3) is 0.143. The minimum Gasteiger partial charge on any atom is -0.457 e. The van der Waals surface area contributed by atoms with Crippen LogP contribution in [0.1, 0.15) is 11.1 Å². The molecule has 0 aliphatic heterocycles. The summed E-state index contributed by atoms with van der Waals surface area (Å²) >= 11 is 0. The van der Waals surface area contributed by atoms with Crippen LogP contribution in [0.4, 0.5) is 13.2 Å². The SMILES string of the molecule is C=CCOC(=O)/C(C#N)=C\c1cccc(C(F)(F)F)c1. The summed E-state index contributed by atoms with van der Waals surface area (Å²) in [5, 5.41) is 8.82. The average Bonchev–Trinajstić information content (AvgIpc) is 2.41. The number of carbonyl (C=O) groups is 1. The van der Waals surface area contributed by atoms with Crippen LogP contribution in [0.25, 0.3) is 6.08 Å². The lowest BCUT2D eigenvalue weighted by Gasteiger charge is -2.07. The Morgan fingerprint density at radius 2 is 2.15 bits per heavy atom. The van der Waals surface area contributed by atoms with E-state index in [2.05, 4.69) is 11.3 Å². The van der Waals surface area contributed by atoms with Crippen molar-refractivity contribution in [3.05, 3.63) is 53.6 Å². The van der Waals surface area contributed by atoms with E-state index in [4.69, 9.17) is 5.26 Å². The maximum absolute atomic E-state index is 12.5. The van der Waals surface area contributed by atoms with Crippen molar-refractivity contribution in [1.82, 2.24) is 0 Å². The zero-order valence-electron chi connectivity index (χ0n) is 10.3. The van der Waals surface area contributed by atoms with Gasteiger partial charge in [-0.3, -0.25) is 0 Å². The summed E-state index contributed by atoms with van der Waals surface area (Å²) in [5.41, 5.74) is -1.15. The van der Waals surface area contributed by atoms with Gasteiger partial charge in [0.15, 0.2) is 0 Å². The summed E-state index contributed by atoms with van der Waals surface area (Å²) in [6.45, 7) is 3.25. The monoisotopic (exact) mass is 281 g/mol. The second-order valence-corrected chi connectivity index (χ2v) is 3.68. The number of hydrogen-bond acceptors (Lipinski definition) is 3. The average molecular weight is 281 g/mol. The molecule has 0 spiro atoms. The Kier molecular flexibility index (Phi) is 5.09. The van der Waals surface area contributed by atoms with Gasteiger partial charge in [0.1, 0.15) is 18.2 Å². The molecule has 6 heteroatoms. The lowest BCUT2D eigenvalue weighted by Crippen LogP contribution is -2.07. The molecule has 0 saturated carbocycles. The van der Waals surface area contributed by atoms with Crippen LogP contribution in [0.15, 0.2) is 42.5 Å². The third-order valence-corrected chi connectivity index (χ3v) is 2.20. The first-order chi connectivity index (χ1) is 9.38. The fourth-order valence-electron chi connectivity index (χ4n) is 1.32. The molecule has 0 N–H and O–H groups in total. The number of hydrogen-bond donors (Lipinski definition) is 0. The third-order valence-electron chi connectivity index (χ3n) is 2.20. The highest BCUT2D eigenvalue weighted by molar-refractivity contribution is 5.97. The number of rotatable bonds is 4. The number of esters is 1. The largest absolute Gasteiger partial charge is 0.457 e. The Hall–Kier alpha value is -2.55. The van der Waals surface area contributed by atoms with E-state index in [1.54, 1.807) is 6.07 Å². The van der Waals surface area contributed by atoms with Crippen molar-refractivity contribution in [2.24, 2.45) is 0 Å². The van der Waals surface area contributed by atoms with Gasteiger partial charge in [-0.1, -0.05) is 24.8 Å². The number of benzene rings is 1. The molecule has 0 atom stereocenters. The van der Waals surface area contributed by atoms with E-state index in [-0.39, 0.29) is 17.7 Å². The van der Waals surface area contributed by atoms with E-state index in [1.165, 1.54) is 18.2 Å². The first-order valence-electron chi connectivity index (χ1n) is 5.45. The second-order valence-electron chi connectivity index (χ2n) is 3.68. The highest BCUT2D eigenvalue weighted by Crippen LogP contribution is 2.29. The van der Waals surface area contributed by atoms with E-state index in [0.29, 0.717) is 0 Å². The lowest BCUT2D eigenvalue weighted by molar-refractivity contribution is -0.138. The minimum atomic E-state index is -4.49. The normalized spacial score (nSPS) is 11.6. The van der Waals surface area contributed by atoms with E-state index < -0.39 is 17.7 Å². The topological polar surface area (TPSA) is 50.1 Å². The third kappa shape index (κ3) is 4.28. The molecule has 0 amide bonds. The summed E-state index contributed by atoms with van der Waals surface area (Å²) in [7, 11) is 0. The van der Waals surface area contributed by atoms with Crippen LogP contribution < -0.4 is 0 Å². The number of carbonyl (C=O) groups excluding carboxylic acids is 1. The molecule has 0 fully saturated rings. The Morgan fingerprint density at radius 3 is 2.70 bits per heavy atom. The molecule has 0 aliphatic rings. The molecular weight excluding hydrogens is 271 g/mol. The smallest absolute Gasteiger partial charge is 0.416 e. The fourth-order valence-corrected chi connectivity index (χ4v) is 1.32. The van der Waals surface area contributed by atoms with Crippen molar-refractivity contribution >= 4 is 12.0 Å². The lowest BCUT2D eigenvalue weighted by atomic mass is 10.1. The summed E-state index contributed by atoms with van der Waals surface area (Å²) in [4.78, 5) is 11.4. The summed E-state index contributed by atoms with van der Waals surface area (Å²) in [5.74, 6) is -0.912. The van der Waals surface area contributed by atoms with E-state index in [1.807, 2.05) is 0 Å². The highest BCUT2D eigenvalue weighted by Gasteiger charge is 2.30. The number of ether oxygens (including phenoxy) is 1. The van der Waals surface area contributed by atoms with Gasteiger partial charge < -0.3 is 4.74 Å². The Bertz CT molecular complexity index is 583. The second kappa shape index (κ2) is 6.57. The van der Waals surface area contributed by atoms with Crippen LogP contribution in [0, 0.1) is 11.3 Å². The molecule has 0 unspecified atom stereocenters. The molecule has 3 nitrogen and oxygen atoms in total. The number of nitrogens with zero attached hydrogens (tertiary/aromatic N) is 1. The molecule has 0 saturated heterocycles. The summed E-state index contributed by atoms with van der Waals surface area (Å²) < 4.78 is 42.2. The maximum Gasteiger partial charge on any atom is 0.416 e. The van der Waals surface area contributed by atoms with Crippen molar-refractivity contribution in [2.45, 2.75) is 6.18 Å². The predicted octanol–water partition coefficient (Wildman–Crippen LogP) is 3.34. The van der Waals surface area contributed by atoms with Gasteiger partial charge in [-0.15, -0.1) is 0 Å². The number of halogens is 3. The molecule has 0 aromatic heterocycles. The predicted molar refractivity (Wildman–Crippen MR) is 66.2 cm³/mol. The van der Waals surface area contributed by atoms with Crippen LogP contribution in [-0.4, -0.2) is 12.6 Å².